The summed E-state index contributed by atoms with van der Waals surface area (Å²) in [5.74, 6) is -0.275. The molecule has 1 atom stereocenters. The minimum atomic E-state index is -0.275. The Hall–Kier alpha value is -1.65. The molecule has 3 rings (SSSR count). The zero-order valence-corrected chi connectivity index (χ0v) is 14.3. The third-order valence-corrected chi connectivity index (χ3v) is 5.47. The highest BCUT2D eigenvalue weighted by atomic mass is 32.1. The van der Waals surface area contributed by atoms with Crippen LogP contribution in [0.15, 0.2) is 41.8 Å². The van der Waals surface area contributed by atoms with E-state index in [-0.39, 0.29) is 5.97 Å². The number of likely N-dealkylation sites (tertiary alicyclic amines) is 1. The Kier molecular flexibility index (Phi) is 5.47. The summed E-state index contributed by atoms with van der Waals surface area (Å²) < 4.78 is 4.76. The fourth-order valence-electron chi connectivity index (χ4n) is 3.26. The molecule has 0 spiro atoms. The Morgan fingerprint density at radius 3 is 2.74 bits per heavy atom. The molecule has 1 aliphatic heterocycles. The van der Waals surface area contributed by atoms with E-state index < -0.39 is 0 Å². The third-order valence-electron chi connectivity index (χ3n) is 4.50. The number of thiophene rings is 1. The average Bonchev–Trinajstić information content (AvgIpc) is 3.02. The van der Waals surface area contributed by atoms with Crippen LogP contribution in [0.4, 0.5) is 0 Å². The van der Waals surface area contributed by atoms with E-state index >= 15 is 0 Å². The first-order valence-electron chi connectivity index (χ1n) is 8.22. The number of esters is 1. The van der Waals surface area contributed by atoms with Gasteiger partial charge in [0.05, 0.1) is 12.7 Å². The van der Waals surface area contributed by atoms with Gasteiger partial charge in [-0.2, -0.15) is 0 Å². The number of hydrogen-bond acceptors (Lipinski definition) is 4. The molecule has 1 aromatic carbocycles. The predicted molar refractivity (Wildman–Crippen MR) is 93.7 cm³/mol. The van der Waals surface area contributed by atoms with Crippen LogP contribution in [0.25, 0.3) is 0 Å². The average molecular weight is 329 g/mol. The van der Waals surface area contributed by atoms with Crippen LogP contribution < -0.4 is 0 Å². The van der Waals surface area contributed by atoms with Crippen molar-refractivity contribution in [1.29, 1.82) is 0 Å². The minimum Gasteiger partial charge on any atom is -0.465 e. The SMILES string of the molecule is COC(=O)c1ccc(CN2CCCCCC2c2cccs2)cc1. The van der Waals surface area contributed by atoms with E-state index in [1.165, 1.54) is 43.2 Å². The zero-order valence-electron chi connectivity index (χ0n) is 13.5. The van der Waals surface area contributed by atoms with Gasteiger partial charge in [0.2, 0.25) is 0 Å². The van der Waals surface area contributed by atoms with E-state index in [1.54, 1.807) is 0 Å². The Bertz CT molecular complexity index is 621. The second-order valence-electron chi connectivity index (χ2n) is 6.04. The predicted octanol–water partition coefficient (Wildman–Crippen LogP) is 4.65. The number of nitrogens with zero attached hydrogens (tertiary/aromatic N) is 1. The van der Waals surface area contributed by atoms with Crippen molar-refractivity contribution in [3.63, 3.8) is 0 Å². The van der Waals surface area contributed by atoms with Crippen molar-refractivity contribution in [2.24, 2.45) is 0 Å². The van der Waals surface area contributed by atoms with E-state index in [2.05, 4.69) is 22.4 Å². The fourth-order valence-corrected chi connectivity index (χ4v) is 4.15. The maximum atomic E-state index is 11.5. The molecular formula is C19H23NO2S. The van der Waals surface area contributed by atoms with Crippen LogP contribution in [-0.4, -0.2) is 24.5 Å². The van der Waals surface area contributed by atoms with Gasteiger partial charge in [-0.15, -0.1) is 11.3 Å². The lowest BCUT2D eigenvalue weighted by Crippen LogP contribution is -2.27. The summed E-state index contributed by atoms with van der Waals surface area (Å²) in [4.78, 5) is 15.6. The van der Waals surface area contributed by atoms with Gasteiger partial charge in [-0.1, -0.05) is 31.0 Å². The molecule has 1 aliphatic rings. The Labute approximate surface area is 141 Å². The molecule has 0 bridgehead atoms. The van der Waals surface area contributed by atoms with Gasteiger partial charge in [0.25, 0.3) is 0 Å². The van der Waals surface area contributed by atoms with Gasteiger partial charge in [-0.3, -0.25) is 4.90 Å². The van der Waals surface area contributed by atoms with Crippen LogP contribution in [0.5, 0.6) is 0 Å². The van der Waals surface area contributed by atoms with Crippen LogP contribution in [0.3, 0.4) is 0 Å². The van der Waals surface area contributed by atoms with Crippen molar-refractivity contribution in [1.82, 2.24) is 4.90 Å². The number of rotatable bonds is 4. The molecule has 0 aliphatic carbocycles. The standard InChI is InChI=1S/C19H23NO2S/c1-22-19(21)16-10-8-15(9-11-16)14-20-12-4-2-3-6-17(20)18-7-5-13-23-18/h5,7-11,13,17H,2-4,6,12,14H2,1H3. The van der Waals surface area contributed by atoms with E-state index in [0.717, 1.165) is 13.1 Å². The summed E-state index contributed by atoms with van der Waals surface area (Å²) in [7, 11) is 1.42. The van der Waals surface area contributed by atoms with Crippen molar-refractivity contribution in [3.8, 4) is 0 Å². The number of benzene rings is 1. The fraction of sp³-hybridized carbons (Fsp3) is 0.421. The molecule has 0 saturated carbocycles. The van der Waals surface area contributed by atoms with Gasteiger partial charge >= 0.3 is 5.97 Å². The summed E-state index contributed by atoms with van der Waals surface area (Å²) in [5.41, 5.74) is 1.86. The minimum absolute atomic E-state index is 0.275. The van der Waals surface area contributed by atoms with E-state index in [1.807, 2.05) is 35.6 Å². The highest BCUT2D eigenvalue weighted by molar-refractivity contribution is 7.10. The van der Waals surface area contributed by atoms with E-state index in [9.17, 15) is 4.79 Å². The summed E-state index contributed by atoms with van der Waals surface area (Å²) in [5, 5.41) is 2.17. The lowest BCUT2D eigenvalue weighted by molar-refractivity contribution is 0.0600. The smallest absolute Gasteiger partial charge is 0.337 e. The first-order valence-corrected chi connectivity index (χ1v) is 9.10. The Balaban J connectivity index is 1.74. The zero-order chi connectivity index (χ0) is 16.1. The molecule has 0 N–H and O–H groups in total. The van der Waals surface area contributed by atoms with Crippen molar-refractivity contribution < 1.29 is 9.53 Å². The molecule has 2 heterocycles. The summed E-state index contributed by atoms with van der Waals surface area (Å²) in [6.45, 7) is 2.07. The molecule has 0 radical (unpaired) electrons. The second kappa shape index (κ2) is 7.75. The molecule has 4 heteroatoms. The van der Waals surface area contributed by atoms with Crippen molar-refractivity contribution >= 4 is 17.3 Å². The molecule has 2 aromatic rings. The van der Waals surface area contributed by atoms with Gasteiger partial charge in [0, 0.05) is 17.5 Å². The largest absolute Gasteiger partial charge is 0.465 e. The number of carbonyl (C=O) groups is 1. The molecule has 1 saturated heterocycles. The van der Waals surface area contributed by atoms with Gasteiger partial charge in [0.15, 0.2) is 0 Å². The van der Waals surface area contributed by atoms with Crippen LogP contribution in [0.1, 0.15) is 52.5 Å². The highest BCUT2D eigenvalue weighted by Gasteiger charge is 2.23. The number of carbonyl (C=O) groups excluding carboxylic acids is 1. The van der Waals surface area contributed by atoms with E-state index in [0.29, 0.717) is 11.6 Å². The molecule has 1 aromatic heterocycles. The first-order chi connectivity index (χ1) is 11.3. The van der Waals surface area contributed by atoms with Gasteiger partial charge < -0.3 is 4.74 Å². The van der Waals surface area contributed by atoms with Gasteiger partial charge in [-0.05, 0) is 48.5 Å². The van der Waals surface area contributed by atoms with Gasteiger partial charge in [0.1, 0.15) is 0 Å². The number of ether oxygens (including phenoxy) is 1. The first kappa shape index (κ1) is 16.2. The molecular weight excluding hydrogens is 306 g/mol. The third kappa shape index (κ3) is 4.01. The van der Waals surface area contributed by atoms with Crippen molar-refractivity contribution in [3.05, 3.63) is 57.8 Å². The molecule has 3 nitrogen and oxygen atoms in total. The second-order valence-corrected chi connectivity index (χ2v) is 7.02. The quantitative estimate of drug-likeness (QED) is 0.765. The summed E-state index contributed by atoms with van der Waals surface area (Å²) >= 11 is 1.86. The molecule has 1 unspecified atom stereocenters. The van der Waals surface area contributed by atoms with Gasteiger partial charge in [-0.25, -0.2) is 4.79 Å². The van der Waals surface area contributed by atoms with Crippen LogP contribution in [0.2, 0.25) is 0 Å². The van der Waals surface area contributed by atoms with Crippen LogP contribution in [-0.2, 0) is 11.3 Å². The topological polar surface area (TPSA) is 29.5 Å². The molecule has 23 heavy (non-hydrogen) atoms. The number of methoxy groups -OCH3 is 1. The molecule has 1 fully saturated rings. The maximum Gasteiger partial charge on any atom is 0.337 e. The van der Waals surface area contributed by atoms with Crippen LogP contribution in [0, 0.1) is 0 Å². The van der Waals surface area contributed by atoms with Crippen molar-refractivity contribution in [2.75, 3.05) is 13.7 Å². The summed E-state index contributed by atoms with van der Waals surface area (Å²) in [6.07, 6.45) is 5.13. The maximum absolute atomic E-state index is 11.5. The molecule has 122 valence electrons. The Morgan fingerprint density at radius 1 is 1.22 bits per heavy atom. The summed E-state index contributed by atoms with van der Waals surface area (Å²) in [6, 6.07) is 12.7. The lowest BCUT2D eigenvalue weighted by atomic mass is 10.1. The molecule has 0 amide bonds. The normalized spacial score (nSPS) is 19.3. The number of hydrogen-bond donors (Lipinski definition) is 0. The highest BCUT2D eigenvalue weighted by Crippen LogP contribution is 2.33. The van der Waals surface area contributed by atoms with Crippen molar-refractivity contribution in [2.45, 2.75) is 38.3 Å². The lowest BCUT2D eigenvalue weighted by Gasteiger charge is -2.29. The van der Waals surface area contributed by atoms with Crippen LogP contribution >= 0.6 is 11.3 Å². The Morgan fingerprint density at radius 2 is 2.04 bits per heavy atom. The monoisotopic (exact) mass is 329 g/mol. The van der Waals surface area contributed by atoms with E-state index in [4.69, 9.17) is 4.74 Å².